The first-order valence-corrected chi connectivity index (χ1v) is 12.3. The van der Waals surface area contributed by atoms with Gasteiger partial charge in [0.2, 0.25) is 23.6 Å². The first-order chi connectivity index (χ1) is 16.2. The van der Waals surface area contributed by atoms with Crippen LogP contribution in [0.15, 0.2) is 0 Å². The van der Waals surface area contributed by atoms with Crippen LogP contribution < -0.4 is 5.32 Å². The van der Waals surface area contributed by atoms with Gasteiger partial charge >= 0.3 is 5.97 Å². The number of hydrogen-bond acceptors (Lipinski definition) is 7. The van der Waals surface area contributed by atoms with Gasteiger partial charge in [0.1, 0.15) is 30.3 Å². The Bertz CT molecular complexity index is 864. The number of aliphatic hydroxyl groups is 1. The molecular weight excluding hydrogens is 444 g/mol. The van der Waals surface area contributed by atoms with Crippen LogP contribution in [0.3, 0.4) is 0 Å². The number of fused-ring (bicyclic) bond motifs is 3. The van der Waals surface area contributed by atoms with E-state index in [-0.39, 0.29) is 31.2 Å². The largest absolute Gasteiger partial charge is 0.461 e. The Morgan fingerprint density at radius 3 is 2.32 bits per heavy atom. The Hall–Kier alpha value is -2.69. The van der Waals surface area contributed by atoms with Gasteiger partial charge in [-0.3, -0.25) is 19.2 Å². The average Bonchev–Trinajstić information content (AvgIpc) is 3.44. The highest BCUT2D eigenvalue weighted by Crippen LogP contribution is 2.27. The third-order valence-electron chi connectivity index (χ3n) is 7.29. The minimum Gasteiger partial charge on any atom is -0.461 e. The number of ether oxygens (including phenoxy) is 1. The second kappa shape index (κ2) is 9.89. The Kier molecular flexibility index (Phi) is 7.11. The maximum atomic E-state index is 13.5. The number of nitrogens with zero attached hydrogens (tertiary/aromatic N) is 3. The monoisotopic (exact) mass is 478 g/mol. The van der Waals surface area contributed by atoms with Gasteiger partial charge in [0.15, 0.2) is 0 Å². The van der Waals surface area contributed by atoms with Crippen molar-refractivity contribution in [1.82, 2.24) is 20.0 Å². The average molecular weight is 479 g/mol. The summed E-state index contributed by atoms with van der Waals surface area (Å²) in [7, 11) is 0. The maximum absolute atomic E-state index is 13.5. The van der Waals surface area contributed by atoms with Gasteiger partial charge in [-0.15, -0.1) is 0 Å². The fourth-order valence-corrected chi connectivity index (χ4v) is 5.56. The Morgan fingerprint density at radius 2 is 1.56 bits per heavy atom. The molecule has 4 aliphatic rings. The molecule has 0 spiro atoms. The zero-order valence-electron chi connectivity index (χ0n) is 19.8. The van der Waals surface area contributed by atoms with Gasteiger partial charge in [-0.2, -0.15) is 0 Å². The number of esters is 1. The molecule has 6 unspecified atom stereocenters. The van der Waals surface area contributed by atoms with Gasteiger partial charge in [-0.25, -0.2) is 4.79 Å². The number of rotatable bonds is 0. The third kappa shape index (κ3) is 4.75. The van der Waals surface area contributed by atoms with Crippen LogP contribution in [-0.4, -0.2) is 105 Å². The summed E-state index contributed by atoms with van der Waals surface area (Å²) in [4.78, 5) is 70.0. The summed E-state index contributed by atoms with van der Waals surface area (Å²) in [6.07, 6.45) is 1.54. The molecular formula is C23H34N4O7. The molecule has 4 fully saturated rings. The number of aliphatic hydroxyl groups excluding tert-OH is 1. The summed E-state index contributed by atoms with van der Waals surface area (Å²) in [5.74, 6) is -2.15. The summed E-state index contributed by atoms with van der Waals surface area (Å²) < 4.78 is 5.48. The normalized spacial score (nSPS) is 36.1. The molecule has 0 bridgehead atoms. The van der Waals surface area contributed by atoms with Crippen LogP contribution in [0.1, 0.15) is 58.8 Å². The second-order valence-corrected chi connectivity index (χ2v) is 9.87. The zero-order valence-corrected chi connectivity index (χ0v) is 19.8. The lowest BCUT2D eigenvalue weighted by atomic mass is 9.99. The molecule has 0 radical (unpaired) electrons. The molecule has 34 heavy (non-hydrogen) atoms. The van der Waals surface area contributed by atoms with Crippen molar-refractivity contribution < 1.29 is 33.8 Å². The van der Waals surface area contributed by atoms with Crippen molar-refractivity contribution in [3.05, 3.63) is 0 Å². The van der Waals surface area contributed by atoms with Gasteiger partial charge in [0.25, 0.3) is 0 Å². The molecule has 0 aromatic rings. The molecule has 0 saturated carbocycles. The number of cyclic esters (lactones) is 1. The molecule has 2 N–H and O–H groups in total. The minimum absolute atomic E-state index is 0.0327. The summed E-state index contributed by atoms with van der Waals surface area (Å²) in [6.45, 7) is 3.95. The summed E-state index contributed by atoms with van der Waals surface area (Å²) >= 11 is 0. The maximum Gasteiger partial charge on any atom is 0.329 e. The van der Waals surface area contributed by atoms with E-state index in [2.05, 4.69) is 5.32 Å². The smallest absolute Gasteiger partial charge is 0.329 e. The molecule has 4 amide bonds. The van der Waals surface area contributed by atoms with Crippen LogP contribution >= 0.6 is 0 Å². The lowest BCUT2D eigenvalue weighted by Gasteiger charge is -2.38. The number of amides is 4. The molecule has 6 atom stereocenters. The van der Waals surface area contributed by atoms with Gasteiger partial charge in [0.05, 0.1) is 12.5 Å². The Balaban J connectivity index is 1.64. The van der Waals surface area contributed by atoms with Crippen molar-refractivity contribution in [2.24, 2.45) is 0 Å². The van der Waals surface area contributed by atoms with E-state index >= 15 is 0 Å². The zero-order chi connectivity index (χ0) is 24.6. The molecule has 0 aromatic heterocycles. The van der Waals surface area contributed by atoms with Gasteiger partial charge in [-0.1, -0.05) is 0 Å². The quantitative estimate of drug-likeness (QED) is 0.433. The fourth-order valence-electron chi connectivity index (χ4n) is 5.56. The number of nitrogens with one attached hydrogen (secondary N) is 1. The fraction of sp³-hybridized carbons (Fsp3) is 0.783. The summed E-state index contributed by atoms with van der Waals surface area (Å²) in [6, 6.07) is -3.29. The molecule has 4 heterocycles. The third-order valence-corrected chi connectivity index (χ3v) is 7.29. The van der Waals surface area contributed by atoms with Crippen LogP contribution in [0, 0.1) is 0 Å². The lowest BCUT2D eigenvalue weighted by Crippen LogP contribution is -2.59. The van der Waals surface area contributed by atoms with E-state index in [0.29, 0.717) is 32.4 Å². The highest BCUT2D eigenvalue weighted by Gasteiger charge is 2.45. The SMILES string of the molecule is CC1CC(=O)N2CCCC2C(=O)N2CCCCC2C(=O)NC(C)C(=O)N2CC(O)CC2C(=O)O1. The van der Waals surface area contributed by atoms with Crippen molar-refractivity contribution in [2.45, 2.75) is 95.2 Å². The van der Waals surface area contributed by atoms with Crippen molar-refractivity contribution in [3.8, 4) is 0 Å². The standard InChI is InChI=1S/C23H34N4O7/c1-13-10-19(29)25-9-5-7-17(25)22(32)26-8-4-3-6-16(26)20(30)24-14(2)21(31)27-12-15(28)11-18(27)23(33)34-13/h13-18,28H,3-12H2,1-2H3,(H,24,30). The van der Waals surface area contributed by atoms with Crippen LogP contribution in [0.25, 0.3) is 0 Å². The Morgan fingerprint density at radius 1 is 0.853 bits per heavy atom. The number of carbonyl (C=O) groups excluding carboxylic acids is 5. The van der Waals surface area contributed by atoms with E-state index in [0.717, 1.165) is 12.8 Å². The van der Waals surface area contributed by atoms with Gasteiger partial charge < -0.3 is 29.9 Å². The Labute approximate surface area is 198 Å². The lowest BCUT2D eigenvalue weighted by molar-refractivity contribution is -0.160. The number of hydrogen-bond donors (Lipinski definition) is 2. The summed E-state index contributed by atoms with van der Waals surface area (Å²) in [5, 5.41) is 12.8. The molecule has 4 aliphatic heterocycles. The van der Waals surface area contributed by atoms with E-state index in [4.69, 9.17) is 4.74 Å². The molecule has 0 aliphatic carbocycles. The highest BCUT2D eigenvalue weighted by molar-refractivity contribution is 5.95. The molecule has 4 rings (SSSR count). The molecule has 11 heteroatoms. The highest BCUT2D eigenvalue weighted by atomic mass is 16.5. The first kappa shape index (κ1) is 24.4. The minimum atomic E-state index is -0.986. The van der Waals surface area contributed by atoms with Crippen LogP contribution in [0.4, 0.5) is 0 Å². The van der Waals surface area contributed by atoms with E-state index < -0.39 is 54.2 Å². The van der Waals surface area contributed by atoms with Crippen molar-refractivity contribution in [2.75, 3.05) is 19.6 Å². The second-order valence-electron chi connectivity index (χ2n) is 9.87. The van der Waals surface area contributed by atoms with Gasteiger partial charge in [0, 0.05) is 26.1 Å². The topological polar surface area (TPSA) is 137 Å². The number of carbonyl (C=O) groups is 5. The van der Waals surface area contributed by atoms with Crippen molar-refractivity contribution >= 4 is 29.6 Å². The predicted molar refractivity (Wildman–Crippen MR) is 118 cm³/mol. The van der Waals surface area contributed by atoms with Gasteiger partial charge in [-0.05, 0) is 46.0 Å². The van der Waals surface area contributed by atoms with Crippen molar-refractivity contribution in [3.63, 3.8) is 0 Å². The molecule has 188 valence electrons. The molecule has 0 aromatic carbocycles. The van der Waals surface area contributed by atoms with Crippen LogP contribution in [0.2, 0.25) is 0 Å². The predicted octanol–water partition coefficient (Wildman–Crippen LogP) is -0.840. The number of piperidine rings is 1. The molecule has 11 nitrogen and oxygen atoms in total. The van der Waals surface area contributed by atoms with E-state index in [1.807, 2.05) is 0 Å². The molecule has 4 saturated heterocycles. The van der Waals surface area contributed by atoms with E-state index in [9.17, 15) is 29.1 Å². The van der Waals surface area contributed by atoms with Crippen LogP contribution in [-0.2, 0) is 28.7 Å². The van der Waals surface area contributed by atoms with E-state index in [1.165, 1.54) is 11.8 Å². The summed E-state index contributed by atoms with van der Waals surface area (Å²) in [5.41, 5.74) is 0. The van der Waals surface area contributed by atoms with Crippen molar-refractivity contribution in [1.29, 1.82) is 0 Å². The van der Waals surface area contributed by atoms with Crippen LogP contribution in [0.5, 0.6) is 0 Å². The van der Waals surface area contributed by atoms with E-state index in [1.54, 1.807) is 16.7 Å². The first-order valence-electron chi connectivity index (χ1n) is 12.3.